The zero-order chi connectivity index (χ0) is 12.2. The van der Waals surface area contributed by atoms with Crippen molar-refractivity contribution in [3.05, 3.63) is 12.7 Å². The average molecular weight is 228 g/mol. The third-order valence-corrected chi connectivity index (χ3v) is 2.02. The van der Waals surface area contributed by atoms with Crippen LogP contribution in [0.25, 0.3) is 0 Å². The van der Waals surface area contributed by atoms with Crippen molar-refractivity contribution >= 4 is 5.97 Å². The fourth-order valence-corrected chi connectivity index (χ4v) is 1.32. The van der Waals surface area contributed by atoms with Crippen LogP contribution in [0.1, 0.15) is 46.0 Å². The van der Waals surface area contributed by atoms with Gasteiger partial charge in [0.2, 0.25) is 0 Å². The van der Waals surface area contributed by atoms with Crippen molar-refractivity contribution in [2.75, 3.05) is 13.2 Å². The molecule has 0 saturated heterocycles. The Balaban J connectivity index is 3.14. The summed E-state index contributed by atoms with van der Waals surface area (Å²) in [5.41, 5.74) is 0. The van der Waals surface area contributed by atoms with Crippen LogP contribution in [0.5, 0.6) is 0 Å². The van der Waals surface area contributed by atoms with Crippen molar-refractivity contribution in [3.8, 4) is 0 Å². The van der Waals surface area contributed by atoms with Gasteiger partial charge >= 0.3 is 5.97 Å². The van der Waals surface area contributed by atoms with Gasteiger partial charge in [0.05, 0.1) is 12.7 Å². The highest BCUT2D eigenvalue weighted by atomic mass is 16.5. The highest BCUT2D eigenvalue weighted by Crippen LogP contribution is 2.05. The molecule has 0 aromatic carbocycles. The number of rotatable bonds is 10. The first-order valence-electron chi connectivity index (χ1n) is 6.05. The van der Waals surface area contributed by atoms with E-state index < -0.39 is 0 Å². The van der Waals surface area contributed by atoms with Gasteiger partial charge in [-0.05, 0) is 26.7 Å². The maximum absolute atomic E-state index is 11.2. The standard InChI is InChI=1S/C13H24O3/c1-4-10-15-11-8-6-5-7-9-13(14)16-12(2)3/h4,12H,1,5-11H2,2-3H3. The molecular formula is C13H24O3. The molecule has 0 aliphatic rings. The van der Waals surface area contributed by atoms with Gasteiger partial charge in [0.15, 0.2) is 0 Å². The van der Waals surface area contributed by atoms with Crippen molar-refractivity contribution in [2.45, 2.75) is 52.1 Å². The lowest BCUT2D eigenvalue weighted by Crippen LogP contribution is -2.10. The minimum atomic E-state index is -0.0853. The lowest BCUT2D eigenvalue weighted by Gasteiger charge is -2.07. The second-order valence-corrected chi connectivity index (χ2v) is 4.07. The summed E-state index contributed by atoms with van der Waals surface area (Å²) in [6.45, 7) is 8.72. The van der Waals surface area contributed by atoms with Gasteiger partial charge in [-0.15, -0.1) is 6.58 Å². The summed E-state index contributed by atoms with van der Waals surface area (Å²) in [4.78, 5) is 11.2. The van der Waals surface area contributed by atoms with Gasteiger partial charge in [0, 0.05) is 13.0 Å². The Hall–Kier alpha value is -0.830. The smallest absolute Gasteiger partial charge is 0.306 e. The third kappa shape index (κ3) is 11.2. The van der Waals surface area contributed by atoms with Crippen molar-refractivity contribution in [1.29, 1.82) is 0 Å². The summed E-state index contributed by atoms with van der Waals surface area (Å²) < 4.78 is 10.3. The summed E-state index contributed by atoms with van der Waals surface area (Å²) >= 11 is 0. The highest BCUT2D eigenvalue weighted by Gasteiger charge is 2.04. The number of carbonyl (C=O) groups excluding carboxylic acids is 1. The van der Waals surface area contributed by atoms with Crippen LogP contribution < -0.4 is 0 Å². The molecule has 0 atom stereocenters. The van der Waals surface area contributed by atoms with Gasteiger partial charge in [0.25, 0.3) is 0 Å². The molecule has 16 heavy (non-hydrogen) atoms. The first-order valence-corrected chi connectivity index (χ1v) is 6.05. The summed E-state index contributed by atoms with van der Waals surface area (Å²) in [5.74, 6) is -0.0853. The second kappa shape index (κ2) is 10.7. The topological polar surface area (TPSA) is 35.5 Å². The summed E-state index contributed by atoms with van der Waals surface area (Å²) in [5, 5.41) is 0. The van der Waals surface area contributed by atoms with Crippen LogP contribution in [0.15, 0.2) is 12.7 Å². The largest absolute Gasteiger partial charge is 0.463 e. The van der Waals surface area contributed by atoms with Crippen LogP contribution >= 0.6 is 0 Å². The molecule has 0 amide bonds. The molecule has 0 rings (SSSR count). The van der Waals surface area contributed by atoms with Crippen molar-refractivity contribution in [3.63, 3.8) is 0 Å². The molecule has 94 valence electrons. The van der Waals surface area contributed by atoms with Gasteiger partial charge in [-0.3, -0.25) is 4.79 Å². The lowest BCUT2D eigenvalue weighted by molar-refractivity contribution is -0.147. The predicted octanol–water partition coefficient (Wildman–Crippen LogP) is 3.09. The number of hydrogen-bond donors (Lipinski definition) is 0. The van der Waals surface area contributed by atoms with Crippen LogP contribution in [0, 0.1) is 0 Å². The van der Waals surface area contributed by atoms with Gasteiger partial charge in [-0.1, -0.05) is 18.9 Å². The minimum Gasteiger partial charge on any atom is -0.463 e. The van der Waals surface area contributed by atoms with Gasteiger partial charge in [-0.2, -0.15) is 0 Å². The number of hydrogen-bond acceptors (Lipinski definition) is 3. The zero-order valence-corrected chi connectivity index (χ0v) is 10.5. The van der Waals surface area contributed by atoms with Crippen LogP contribution in [-0.4, -0.2) is 25.3 Å². The van der Waals surface area contributed by atoms with Crippen LogP contribution in [0.2, 0.25) is 0 Å². The maximum Gasteiger partial charge on any atom is 0.306 e. The Morgan fingerprint density at radius 2 is 1.94 bits per heavy atom. The molecule has 0 aliphatic carbocycles. The van der Waals surface area contributed by atoms with Crippen molar-refractivity contribution in [1.82, 2.24) is 0 Å². The molecule has 0 fully saturated rings. The van der Waals surface area contributed by atoms with E-state index in [-0.39, 0.29) is 12.1 Å². The van der Waals surface area contributed by atoms with Crippen LogP contribution in [0.4, 0.5) is 0 Å². The average Bonchev–Trinajstić information content (AvgIpc) is 2.21. The molecule has 0 radical (unpaired) electrons. The molecule has 0 aliphatic heterocycles. The molecule has 0 aromatic rings. The van der Waals surface area contributed by atoms with Gasteiger partial charge in [0.1, 0.15) is 0 Å². The third-order valence-electron chi connectivity index (χ3n) is 2.02. The number of ether oxygens (including phenoxy) is 2. The monoisotopic (exact) mass is 228 g/mol. The molecule has 0 aromatic heterocycles. The lowest BCUT2D eigenvalue weighted by atomic mass is 10.1. The Kier molecular flexibility index (Phi) is 10.1. The van der Waals surface area contributed by atoms with Gasteiger partial charge in [-0.25, -0.2) is 0 Å². The Morgan fingerprint density at radius 1 is 1.25 bits per heavy atom. The Morgan fingerprint density at radius 3 is 2.56 bits per heavy atom. The maximum atomic E-state index is 11.2. The zero-order valence-electron chi connectivity index (χ0n) is 10.5. The molecular weight excluding hydrogens is 204 g/mol. The summed E-state index contributed by atoms with van der Waals surface area (Å²) in [6, 6.07) is 0. The Labute approximate surface area is 98.8 Å². The molecule has 0 N–H and O–H groups in total. The predicted molar refractivity (Wildman–Crippen MR) is 65.3 cm³/mol. The Bertz CT molecular complexity index is 188. The summed E-state index contributed by atoms with van der Waals surface area (Å²) in [7, 11) is 0. The van der Waals surface area contributed by atoms with Crippen molar-refractivity contribution < 1.29 is 14.3 Å². The highest BCUT2D eigenvalue weighted by molar-refractivity contribution is 5.69. The first-order chi connectivity index (χ1) is 7.66. The fraction of sp³-hybridized carbons (Fsp3) is 0.769. The SMILES string of the molecule is C=CCOCCCCCCC(=O)OC(C)C. The van der Waals surface area contributed by atoms with Gasteiger partial charge < -0.3 is 9.47 Å². The van der Waals surface area contributed by atoms with E-state index >= 15 is 0 Å². The van der Waals surface area contributed by atoms with Crippen molar-refractivity contribution in [2.24, 2.45) is 0 Å². The van der Waals surface area contributed by atoms with E-state index in [1.165, 1.54) is 0 Å². The molecule has 0 heterocycles. The van der Waals surface area contributed by atoms with E-state index in [0.29, 0.717) is 13.0 Å². The minimum absolute atomic E-state index is 0.000182. The van der Waals surface area contributed by atoms with Crippen LogP contribution in [0.3, 0.4) is 0 Å². The number of carbonyl (C=O) groups is 1. The molecule has 0 unspecified atom stereocenters. The summed E-state index contributed by atoms with van der Waals surface area (Å²) in [6.07, 6.45) is 6.41. The quantitative estimate of drug-likeness (QED) is 0.327. The second-order valence-electron chi connectivity index (χ2n) is 4.07. The van der Waals surface area contributed by atoms with E-state index in [0.717, 1.165) is 32.3 Å². The van der Waals surface area contributed by atoms with E-state index in [9.17, 15) is 4.79 Å². The van der Waals surface area contributed by atoms with E-state index in [4.69, 9.17) is 9.47 Å². The molecule has 0 saturated carbocycles. The number of esters is 1. The molecule has 3 nitrogen and oxygen atoms in total. The first kappa shape index (κ1) is 15.2. The van der Waals surface area contributed by atoms with E-state index in [2.05, 4.69) is 6.58 Å². The number of unbranched alkanes of at least 4 members (excludes halogenated alkanes) is 3. The molecule has 0 spiro atoms. The van der Waals surface area contributed by atoms with Crippen LogP contribution in [-0.2, 0) is 14.3 Å². The normalized spacial score (nSPS) is 10.4. The van der Waals surface area contributed by atoms with E-state index in [1.54, 1.807) is 6.08 Å². The fourth-order valence-electron chi connectivity index (χ4n) is 1.32. The van der Waals surface area contributed by atoms with E-state index in [1.807, 2.05) is 13.8 Å². The molecule has 0 bridgehead atoms. The molecule has 3 heteroatoms.